The number of nitrogens with zero attached hydrogens (tertiary/aromatic N) is 1. The maximum atomic E-state index is 2.72. The zero-order valence-electron chi connectivity index (χ0n) is 51.6. The highest BCUT2D eigenvalue weighted by Crippen LogP contribution is 2.59. The van der Waals surface area contributed by atoms with Gasteiger partial charge in [-0.3, -0.25) is 0 Å². The van der Waals surface area contributed by atoms with Crippen molar-refractivity contribution in [2.45, 2.75) is 110 Å². The van der Waals surface area contributed by atoms with Crippen molar-refractivity contribution in [2.24, 2.45) is 0 Å². The molecule has 0 fully saturated rings. The van der Waals surface area contributed by atoms with E-state index in [1.807, 2.05) is 0 Å². The molecule has 0 aromatic heterocycles. The van der Waals surface area contributed by atoms with Crippen molar-refractivity contribution < 1.29 is 0 Å². The normalized spacial score (nSPS) is 13.9. The predicted octanol–water partition coefficient (Wildman–Crippen LogP) is 20.2. The van der Waals surface area contributed by atoms with Crippen molar-refractivity contribution in [2.75, 3.05) is 4.90 Å². The number of rotatable bonds is 6. The Balaban J connectivity index is 1.17. The third-order valence-electron chi connectivity index (χ3n) is 18.9. The fourth-order valence-electron chi connectivity index (χ4n) is 14.3. The van der Waals surface area contributed by atoms with Gasteiger partial charge in [0.15, 0.2) is 0 Å². The Morgan fingerprint density at radius 2 is 0.647 bits per heavy atom. The molecule has 0 N–H and O–H groups in total. The lowest BCUT2D eigenvalue weighted by molar-refractivity contribution is 0.568. The van der Waals surface area contributed by atoms with Crippen LogP contribution in [0.4, 0.5) is 17.1 Å². The van der Waals surface area contributed by atoms with Crippen LogP contribution in [0.2, 0.25) is 0 Å². The van der Waals surface area contributed by atoms with Crippen molar-refractivity contribution in [1.82, 2.24) is 0 Å². The molecule has 416 valence electrons. The molecule has 1 spiro atoms. The molecule has 0 atom stereocenters. The molecule has 0 saturated heterocycles. The Morgan fingerprint density at radius 1 is 0.271 bits per heavy atom. The average molecular weight is 1100 g/mol. The fraction of sp³-hybridized carbons (Fsp3) is 0.205. The SMILES string of the molecule is CC(C)(C)c1cc(-c2ccc3c(c2)N(c2c(-c4ccccc4)cccc2-c2ccccc2)c2cc(-c4ccccc4)cc4c2B3c2ccc(-c3cc(C(C)(C)C)cc(C(C)(C)C)c3)cc2C42c3ccccc3-c3ccccc32)cc(C(C)(C)C)c1. The molecular weight excluding hydrogens is 1020 g/mol. The standard InChI is InChI=1S/C83H76BN/c1-79(2,3)61-43-58(44-62(51-61)80(4,5)6)56-39-41-73-71(47-56)83(69-37-24-22-33-67(69)68-34-23-25-38-70(68)83)72-48-60(53-27-16-13-17-28-53)50-76-77(72)84(73)74-42-40-57(59-45-63(81(7,8)9)52-64(46-59)82(10,11)12)49-75(74)85(76)78-65(54-29-18-14-19-30-54)35-26-36-66(78)55-31-20-15-21-32-55/h13-52H,1-12H3. The van der Waals surface area contributed by atoms with E-state index in [4.69, 9.17) is 0 Å². The zero-order valence-corrected chi connectivity index (χ0v) is 51.6. The number of anilines is 3. The van der Waals surface area contributed by atoms with Gasteiger partial charge in [-0.25, -0.2) is 0 Å². The van der Waals surface area contributed by atoms with Crippen molar-refractivity contribution in [1.29, 1.82) is 0 Å². The first-order valence-corrected chi connectivity index (χ1v) is 30.8. The molecule has 0 saturated carbocycles. The largest absolute Gasteiger partial charge is 0.310 e. The van der Waals surface area contributed by atoms with Crippen LogP contribution in [0.15, 0.2) is 243 Å². The van der Waals surface area contributed by atoms with Crippen molar-refractivity contribution in [3.63, 3.8) is 0 Å². The van der Waals surface area contributed by atoms with E-state index in [9.17, 15) is 0 Å². The minimum Gasteiger partial charge on any atom is -0.310 e. The van der Waals surface area contributed by atoms with E-state index in [1.54, 1.807) is 0 Å². The Morgan fingerprint density at radius 3 is 1.12 bits per heavy atom. The fourth-order valence-corrected chi connectivity index (χ4v) is 14.3. The van der Waals surface area contributed by atoms with Gasteiger partial charge in [0.25, 0.3) is 0 Å². The Kier molecular flexibility index (Phi) is 12.6. The van der Waals surface area contributed by atoms with Crippen LogP contribution in [-0.2, 0) is 27.1 Å². The first-order valence-electron chi connectivity index (χ1n) is 30.8. The Hall–Kier alpha value is -8.72. The molecule has 2 heterocycles. The first-order chi connectivity index (χ1) is 40.7. The van der Waals surface area contributed by atoms with Gasteiger partial charge < -0.3 is 4.90 Å². The molecule has 1 nitrogen and oxygen atoms in total. The van der Waals surface area contributed by atoms with Gasteiger partial charge >= 0.3 is 0 Å². The van der Waals surface area contributed by atoms with Crippen LogP contribution in [0.3, 0.4) is 0 Å². The monoisotopic (exact) mass is 1100 g/mol. The zero-order chi connectivity index (χ0) is 59.0. The maximum Gasteiger partial charge on any atom is 0.247 e. The van der Waals surface area contributed by atoms with E-state index >= 15 is 0 Å². The minimum atomic E-state index is -0.695. The van der Waals surface area contributed by atoms with Gasteiger partial charge in [-0.1, -0.05) is 313 Å². The summed E-state index contributed by atoms with van der Waals surface area (Å²) in [5.74, 6) is 0. The molecule has 0 amide bonds. The van der Waals surface area contributed by atoms with E-state index in [0.29, 0.717) is 0 Å². The second-order valence-corrected chi connectivity index (χ2v) is 28.5. The molecular formula is C83H76BN. The van der Waals surface area contributed by atoms with E-state index in [1.165, 1.54) is 145 Å². The number of para-hydroxylation sites is 1. The molecule has 0 radical (unpaired) electrons. The highest BCUT2D eigenvalue weighted by atomic mass is 15.2. The number of fused-ring (bicyclic) bond motifs is 11. The molecule has 2 heteroatoms. The van der Waals surface area contributed by atoms with Gasteiger partial charge in [0.1, 0.15) is 0 Å². The highest BCUT2D eigenvalue weighted by molar-refractivity contribution is 6.99. The lowest BCUT2D eigenvalue weighted by Gasteiger charge is -2.48. The lowest BCUT2D eigenvalue weighted by Crippen LogP contribution is -2.65. The van der Waals surface area contributed by atoms with Crippen molar-refractivity contribution in [3.05, 3.63) is 287 Å². The Bertz CT molecular complexity index is 4270. The van der Waals surface area contributed by atoms with E-state index in [-0.39, 0.29) is 28.4 Å². The first kappa shape index (κ1) is 54.2. The molecule has 11 aromatic carbocycles. The lowest BCUT2D eigenvalue weighted by atomic mass is 9.29. The molecule has 85 heavy (non-hydrogen) atoms. The summed E-state index contributed by atoms with van der Waals surface area (Å²) in [6, 6.07) is 94.1. The quantitative estimate of drug-likeness (QED) is 0.150. The topological polar surface area (TPSA) is 3.24 Å². The van der Waals surface area contributed by atoms with Gasteiger partial charge in [-0.2, -0.15) is 0 Å². The predicted molar refractivity (Wildman–Crippen MR) is 365 cm³/mol. The number of hydrogen-bond acceptors (Lipinski definition) is 1. The van der Waals surface area contributed by atoms with Gasteiger partial charge in [0.05, 0.1) is 11.1 Å². The van der Waals surface area contributed by atoms with Crippen LogP contribution >= 0.6 is 0 Å². The number of hydrogen-bond donors (Lipinski definition) is 0. The summed E-state index contributed by atoms with van der Waals surface area (Å²) in [6.07, 6.45) is 0. The van der Waals surface area contributed by atoms with Gasteiger partial charge in [-0.05, 0) is 151 Å². The molecule has 0 bridgehead atoms. The second kappa shape index (κ2) is 19.7. The Labute approximate surface area is 506 Å². The van der Waals surface area contributed by atoms with Crippen LogP contribution in [0.1, 0.15) is 128 Å². The molecule has 11 aromatic rings. The van der Waals surface area contributed by atoms with Crippen LogP contribution in [0.25, 0.3) is 66.8 Å². The van der Waals surface area contributed by atoms with Crippen molar-refractivity contribution >= 4 is 40.2 Å². The van der Waals surface area contributed by atoms with Gasteiger partial charge in [-0.15, -0.1) is 0 Å². The minimum absolute atomic E-state index is 0.0453. The molecule has 3 aliphatic rings. The van der Waals surface area contributed by atoms with Crippen LogP contribution in [0, 0.1) is 0 Å². The summed E-state index contributed by atoms with van der Waals surface area (Å²) >= 11 is 0. The summed E-state index contributed by atoms with van der Waals surface area (Å²) in [7, 11) is 0. The van der Waals surface area contributed by atoms with Gasteiger partial charge in [0.2, 0.25) is 6.71 Å². The molecule has 2 aliphatic heterocycles. The van der Waals surface area contributed by atoms with Gasteiger partial charge in [0, 0.05) is 22.5 Å². The van der Waals surface area contributed by atoms with E-state index in [0.717, 1.165) is 0 Å². The van der Waals surface area contributed by atoms with Crippen LogP contribution < -0.4 is 21.3 Å². The van der Waals surface area contributed by atoms with Crippen LogP contribution in [-0.4, -0.2) is 6.71 Å². The summed E-state index contributed by atoms with van der Waals surface area (Å²) in [5.41, 5.74) is 32.0. The third kappa shape index (κ3) is 8.89. The van der Waals surface area contributed by atoms with E-state index in [2.05, 4.69) is 331 Å². The third-order valence-corrected chi connectivity index (χ3v) is 18.9. The average Bonchev–Trinajstić information content (AvgIpc) is 1.68. The molecule has 14 rings (SSSR count). The molecule has 1 aliphatic carbocycles. The summed E-state index contributed by atoms with van der Waals surface area (Å²) in [4.78, 5) is 2.72. The summed E-state index contributed by atoms with van der Waals surface area (Å²) in [6.45, 7) is 28.1. The van der Waals surface area contributed by atoms with Crippen molar-refractivity contribution in [3.8, 4) is 66.8 Å². The smallest absolute Gasteiger partial charge is 0.247 e. The second-order valence-electron chi connectivity index (χ2n) is 28.5. The summed E-state index contributed by atoms with van der Waals surface area (Å²) in [5, 5.41) is 0. The van der Waals surface area contributed by atoms with Crippen LogP contribution in [0.5, 0.6) is 0 Å². The maximum absolute atomic E-state index is 2.72. The highest BCUT2D eigenvalue weighted by Gasteiger charge is 2.55. The summed E-state index contributed by atoms with van der Waals surface area (Å²) < 4.78 is 0. The number of benzene rings is 11. The van der Waals surface area contributed by atoms with E-state index < -0.39 is 5.41 Å². The molecule has 0 unspecified atom stereocenters.